The smallest absolute Gasteiger partial charge is 0.254 e. The Labute approximate surface area is 170 Å². The molecule has 0 radical (unpaired) electrons. The molecule has 1 saturated heterocycles. The fourth-order valence-corrected chi connectivity index (χ4v) is 3.67. The van der Waals surface area contributed by atoms with Gasteiger partial charge in [-0.3, -0.25) is 14.3 Å². The number of nitrogens with zero attached hydrogens (tertiary/aromatic N) is 4. The maximum Gasteiger partial charge on any atom is 0.254 e. The van der Waals surface area contributed by atoms with Crippen LogP contribution in [-0.2, 0) is 7.05 Å². The van der Waals surface area contributed by atoms with Crippen molar-refractivity contribution in [2.75, 3.05) is 19.6 Å². The van der Waals surface area contributed by atoms with Crippen LogP contribution in [0.4, 0.5) is 0 Å². The lowest BCUT2D eigenvalue weighted by Gasteiger charge is -2.32. The van der Waals surface area contributed by atoms with E-state index in [1.165, 1.54) is 6.42 Å². The Morgan fingerprint density at radius 2 is 2.00 bits per heavy atom. The minimum atomic E-state index is -0.104. The van der Waals surface area contributed by atoms with Crippen LogP contribution < -0.4 is 10.1 Å². The molecule has 2 aliphatic rings. The molecule has 3 heterocycles. The van der Waals surface area contributed by atoms with Gasteiger partial charge in [-0.2, -0.15) is 5.10 Å². The molecule has 1 aliphatic carbocycles. The van der Waals surface area contributed by atoms with Gasteiger partial charge in [0.25, 0.3) is 11.8 Å². The molecule has 2 amide bonds. The zero-order chi connectivity index (χ0) is 20.2. The van der Waals surface area contributed by atoms with Gasteiger partial charge in [0.2, 0.25) is 5.88 Å². The molecule has 1 aliphatic heterocycles. The lowest BCUT2D eigenvalue weighted by Crippen LogP contribution is -2.41. The Morgan fingerprint density at radius 1 is 1.21 bits per heavy atom. The molecule has 29 heavy (non-hydrogen) atoms. The fraction of sp³-hybridized carbons (Fsp3) is 0.524. The van der Waals surface area contributed by atoms with E-state index in [2.05, 4.69) is 15.4 Å². The van der Waals surface area contributed by atoms with Crippen molar-refractivity contribution in [3.05, 3.63) is 41.9 Å². The lowest BCUT2D eigenvalue weighted by atomic mass is 9.96. The number of aryl methyl sites for hydroxylation is 1. The van der Waals surface area contributed by atoms with Crippen LogP contribution in [-0.4, -0.2) is 57.2 Å². The minimum Gasteiger partial charge on any atom is -0.474 e. The first kappa shape index (κ1) is 19.4. The van der Waals surface area contributed by atoms with E-state index >= 15 is 0 Å². The summed E-state index contributed by atoms with van der Waals surface area (Å²) in [7, 11) is 1.79. The van der Waals surface area contributed by atoms with Crippen LogP contribution in [0, 0.1) is 5.92 Å². The third-order valence-electron chi connectivity index (χ3n) is 5.74. The number of likely N-dealkylation sites (tertiary alicyclic amines) is 1. The average molecular weight is 397 g/mol. The summed E-state index contributed by atoms with van der Waals surface area (Å²) in [5, 5.41) is 6.99. The third-order valence-corrected chi connectivity index (χ3v) is 5.74. The summed E-state index contributed by atoms with van der Waals surface area (Å²) in [4.78, 5) is 31.1. The molecule has 0 atom stereocenters. The van der Waals surface area contributed by atoms with Crippen LogP contribution >= 0.6 is 0 Å². The van der Waals surface area contributed by atoms with Crippen LogP contribution in [0.1, 0.15) is 52.8 Å². The highest BCUT2D eigenvalue weighted by Crippen LogP contribution is 2.25. The van der Waals surface area contributed by atoms with Gasteiger partial charge in [0, 0.05) is 50.7 Å². The van der Waals surface area contributed by atoms with Crippen LogP contribution in [0.3, 0.4) is 0 Å². The molecule has 154 valence electrons. The summed E-state index contributed by atoms with van der Waals surface area (Å²) in [6, 6.07) is 3.50. The molecule has 2 aromatic heterocycles. The summed E-state index contributed by atoms with van der Waals surface area (Å²) in [5.41, 5.74) is 1.19. The van der Waals surface area contributed by atoms with Crippen LogP contribution in [0.25, 0.3) is 0 Å². The maximum absolute atomic E-state index is 12.8. The van der Waals surface area contributed by atoms with Gasteiger partial charge in [-0.1, -0.05) is 0 Å². The first-order chi connectivity index (χ1) is 14.1. The number of piperidine rings is 1. The summed E-state index contributed by atoms with van der Waals surface area (Å²) in [5.74, 6) is 0.819. The number of amides is 2. The molecule has 0 unspecified atom stereocenters. The van der Waals surface area contributed by atoms with E-state index < -0.39 is 0 Å². The number of hydrogen-bond donors (Lipinski definition) is 1. The molecule has 0 bridgehead atoms. The molecule has 1 saturated carbocycles. The van der Waals surface area contributed by atoms with E-state index in [-0.39, 0.29) is 17.9 Å². The molecule has 4 rings (SSSR count). The second-order valence-corrected chi connectivity index (χ2v) is 7.90. The number of rotatable bonds is 6. The van der Waals surface area contributed by atoms with E-state index in [9.17, 15) is 9.59 Å². The minimum absolute atomic E-state index is 0.0173. The highest BCUT2D eigenvalue weighted by Gasteiger charge is 2.25. The van der Waals surface area contributed by atoms with Crippen LogP contribution in [0.2, 0.25) is 0 Å². The Bertz CT molecular complexity index is 869. The number of aromatic nitrogens is 3. The van der Waals surface area contributed by atoms with Gasteiger partial charge >= 0.3 is 0 Å². The van der Waals surface area contributed by atoms with E-state index in [0.29, 0.717) is 42.6 Å². The van der Waals surface area contributed by atoms with Crippen LogP contribution in [0.15, 0.2) is 30.7 Å². The van der Waals surface area contributed by atoms with E-state index in [1.54, 1.807) is 42.5 Å². The van der Waals surface area contributed by atoms with E-state index in [4.69, 9.17) is 4.74 Å². The van der Waals surface area contributed by atoms with E-state index in [0.717, 1.165) is 25.7 Å². The second-order valence-electron chi connectivity index (χ2n) is 7.90. The SMILES string of the molecule is Cn1cc(C(=O)NCC2CCN(C(=O)c3ccnc(OC4CCC4)c3)CC2)cn1. The first-order valence-corrected chi connectivity index (χ1v) is 10.3. The normalized spacial score (nSPS) is 17.6. The van der Waals surface area contributed by atoms with Crippen molar-refractivity contribution in [1.29, 1.82) is 0 Å². The molecular formula is C21H27N5O3. The van der Waals surface area contributed by atoms with Crippen LogP contribution in [0.5, 0.6) is 5.88 Å². The average Bonchev–Trinajstić information content (AvgIpc) is 3.15. The van der Waals surface area contributed by atoms with Gasteiger partial charge in [0.15, 0.2) is 0 Å². The molecule has 0 aromatic carbocycles. The van der Waals surface area contributed by atoms with Crippen molar-refractivity contribution in [3.8, 4) is 5.88 Å². The first-order valence-electron chi connectivity index (χ1n) is 10.3. The summed E-state index contributed by atoms with van der Waals surface area (Å²) in [6.45, 7) is 1.99. The topological polar surface area (TPSA) is 89.4 Å². The Morgan fingerprint density at radius 3 is 2.66 bits per heavy atom. The zero-order valence-electron chi connectivity index (χ0n) is 16.7. The summed E-state index contributed by atoms with van der Waals surface area (Å²) < 4.78 is 7.42. The van der Waals surface area contributed by atoms with Gasteiger partial charge in [-0.05, 0) is 44.1 Å². The van der Waals surface area contributed by atoms with Gasteiger partial charge in [0.1, 0.15) is 6.10 Å². The van der Waals surface area contributed by atoms with Crippen molar-refractivity contribution in [2.24, 2.45) is 13.0 Å². The van der Waals surface area contributed by atoms with Gasteiger partial charge < -0.3 is 15.0 Å². The number of carbonyl (C=O) groups is 2. The summed E-state index contributed by atoms with van der Waals surface area (Å²) in [6.07, 6.45) is 10.2. The monoisotopic (exact) mass is 397 g/mol. The zero-order valence-corrected chi connectivity index (χ0v) is 16.7. The molecular weight excluding hydrogens is 370 g/mol. The molecule has 8 nitrogen and oxygen atoms in total. The van der Waals surface area contributed by atoms with Gasteiger partial charge in [-0.15, -0.1) is 0 Å². The van der Waals surface area contributed by atoms with Crippen molar-refractivity contribution in [1.82, 2.24) is 25.0 Å². The van der Waals surface area contributed by atoms with Gasteiger partial charge in [0.05, 0.1) is 11.8 Å². The Kier molecular flexibility index (Phi) is 5.78. The third kappa shape index (κ3) is 4.75. The van der Waals surface area contributed by atoms with Gasteiger partial charge in [-0.25, -0.2) is 4.98 Å². The predicted molar refractivity (Wildman–Crippen MR) is 107 cm³/mol. The fourth-order valence-electron chi connectivity index (χ4n) is 3.67. The number of carbonyl (C=O) groups excluding carboxylic acids is 2. The molecule has 2 fully saturated rings. The second kappa shape index (κ2) is 8.63. The largest absolute Gasteiger partial charge is 0.474 e. The lowest BCUT2D eigenvalue weighted by molar-refractivity contribution is 0.0682. The number of pyridine rings is 1. The van der Waals surface area contributed by atoms with E-state index in [1.807, 2.05) is 4.90 Å². The van der Waals surface area contributed by atoms with Crippen molar-refractivity contribution >= 4 is 11.8 Å². The maximum atomic E-state index is 12.8. The molecule has 8 heteroatoms. The van der Waals surface area contributed by atoms with Crippen molar-refractivity contribution < 1.29 is 14.3 Å². The highest BCUT2D eigenvalue weighted by molar-refractivity contribution is 5.94. The quantitative estimate of drug-likeness (QED) is 0.806. The Balaban J connectivity index is 1.25. The molecule has 1 N–H and O–H groups in total. The summed E-state index contributed by atoms with van der Waals surface area (Å²) >= 11 is 0. The predicted octanol–water partition coefficient (Wildman–Crippen LogP) is 2.03. The number of hydrogen-bond acceptors (Lipinski definition) is 5. The standard InChI is InChI=1S/C21H27N5O3/c1-25-14-17(13-24-25)20(27)23-12-15-6-9-26(10-7-15)21(28)16-5-8-22-19(11-16)29-18-3-2-4-18/h5,8,11,13-15,18H,2-4,6-7,9-10,12H2,1H3,(H,23,27). The van der Waals surface area contributed by atoms with Crippen molar-refractivity contribution in [2.45, 2.75) is 38.2 Å². The molecule has 0 spiro atoms. The number of nitrogens with one attached hydrogen (secondary N) is 1. The Hall–Kier alpha value is -2.90. The molecule has 2 aromatic rings. The number of ether oxygens (including phenoxy) is 1. The van der Waals surface area contributed by atoms with Crippen molar-refractivity contribution in [3.63, 3.8) is 0 Å². The highest BCUT2D eigenvalue weighted by atomic mass is 16.5.